The van der Waals surface area contributed by atoms with E-state index in [-0.39, 0.29) is 33.7 Å². The average molecular weight is 398 g/mol. The number of nitrogen functional groups attached to an aromatic ring is 1. The van der Waals surface area contributed by atoms with E-state index in [4.69, 9.17) is 33.3 Å². The Balaban J connectivity index is 2.36. The van der Waals surface area contributed by atoms with Crippen LogP contribution in [-0.2, 0) is 10.7 Å². The maximum atomic E-state index is 12.6. The molecular weight excluding hydrogens is 385 g/mol. The van der Waals surface area contributed by atoms with Gasteiger partial charge in [-0.15, -0.1) is 0 Å². The van der Waals surface area contributed by atoms with E-state index in [0.29, 0.717) is 0 Å². The zero-order valence-electron chi connectivity index (χ0n) is 12.4. The first-order chi connectivity index (χ1) is 11.0. The van der Waals surface area contributed by atoms with Crippen molar-refractivity contribution in [2.45, 2.75) is 13.1 Å². The smallest absolute Gasteiger partial charge is 0.416 e. The summed E-state index contributed by atoms with van der Waals surface area (Å²) in [6.07, 6.45) is -4.30. The molecule has 0 amide bonds. The van der Waals surface area contributed by atoms with Gasteiger partial charge in [-0.05, 0) is 47.6 Å². The van der Waals surface area contributed by atoms with Crippen molar-refractivity contribution in [3.05, 3.63) is 47.0 Å². The highest BCUT2D eigenvalue weighted by molar-refractivity contribution is 7.95. The second-order valence-electron chi connectivity index (χ2n) is 4.93. The Morgan fingerprint density at radius 1 is 1.21 bits per heavy atom. The van der Waals surface area contributed by atoms with Gasteiger partial charge in [-0.25, -0.2) is 0 Å². The molecule has 0 fully saturated rings. The SMILES string of the molecule is CCP(=O)(Cl)c1cc(Oc2ccc(C(F)(F)F)cc2Cl)ccc1N. The molecule has 2 aromatic rings. The summed E-state index contributed by atoms with van der Waals surface area (Å²) in [7, 11) is 0. The molecule has 9 heteroatoms. The number of rotatable bonds is 4. The molecule has 2 aromatic carbocycles. The molecule has 2 N–H and O–H groups in total. The molecule has 1 unspecified atom stereocenters. The van der Waals surface area contributed by atoms with Crippen LogP contribution < -0.4 is 15.8 Å². The highest BCUT2D eigenvalue weighted by Crippen LogP contribution is 2.51. The lowest BCUT2D eigenvalue weighted by atomic mass is 10.2. The Morgan fingerprint density at radius 2 is 1.88 bits per heavy atom. The predicted octanol–water partition coefficient (Wildman–Crippen LogP) is 5.90. The van der Waals surface area contributed by atoms with Gasteiger partial charge in [-0.2, -0.15) is 13.2 Å². The molecule has 0 heterocycles. The number of hydrogen-bond acceptors (Lipinski definition) is 3. The molecule has 0 radical (unpaired) electrons. The van der Waals surface area contributed by atoms with Gasteiger partial charge >= 0.3 is 6.18 Å². The minimum atomic E-state index is -4.50. The first kappa shape index (κ1) is 19.0. The quantitative estimate of drug-likeness (QED) is 0.516. The van der Waals surface area contributed by atoms with Crippen molar-refractivity contribution in [3.8, 4) is 11.5 Å². The minimum absolute atomic E-state index is 0.0290. The molecule has 0 aliphatic carbocycles. The molecule has 2 rings (SSSR count). The number of halogens is 5. The van der Waals surface area contributed by atoms with E-state index in [2.05, 4.69) is 0 Å². The molecule has 0 bridgehead atoms. The van der Waals surface area contributed by atoms with Crippen LogP contribution in [0.4, 0.5) is 18.9 Å². The molecule has 3 nitrogen and oxygen atoms in total. The van der Waals surface area contributed by atoms with E-state index < -0.39 is 18.2 Å². The maximum absolute atomic E-state index is 12.6. The largest absolute Gasteiger partial charge is 0.456 e. The van der Waals surface area contributed by atoms with Crippen LogP contribution in [0.25, 0.3) is 0 Å². The van der Waals surface area contributed by atoms with Gasteiger partial charge in [-0.1, -0.05) is 18.5 Å². The molecule has 0 aliphatic heterocycles. The Bertz CT molecular complexity index is 812. The van der Waals surface area contributed by atoms with Gasteiger partial charge in [0.15, 0.2) is 6.49 Å². The van der Waals surface area contributed by atoms with Gasteiger partial charge < -0.3 is 15.0 Å². The fourth-order valence-electron chi connectivity index (χ4n) is 1.93. The number of nitrogens with two attached hydrogens (primary N) is 1. The number of ether oxygens (including phenoxy) is 1. The first-order valence-corrected chi connectivity index (χ1v) is 9.95. The topological polar surface area (TPSA) is 52.3 Å². The van der Waals surface area contributed by atoms with Crippen LogP contribution in [0.2, 0.25) is 5.02 Å². The standard InChI is InChI=1S/C15H13Cl2F3NO2P/c1-2-24(17,22)14-8-10(4-5-12(14)21)23-13-6-3-9(7-11(13)16)15(18,19)20/h3-8H,2,21H2,1H3. The molecular formula is C15H13Cl2F3NO2P. The molecule has 0 aliphatic rings. The second-order valence-corrected chi connectivity index (χ2v) is 9.40. The summed E-state index contributed by atoms with van der Waals surface area (Å²) in [4.78, 5) is 0. The van der Waals surface area contributed by atoms with Crippen molar-refractivity contribution in [1.29, 1.82) is 0 Å². The zero-order chi connectivity index (χ0) is 18.1. The Kier molecular flexibility index (Phi) is 5.43. The third-order valence-corrected chi connectivity index (χ3v) is 6.73. The monoisotopic (exact) mass is 397 g/mol. The van der Waals surface area contributed by atoms with E-state index in [1.165, 1.54) is 18.2 Å². The van der Waals surface area contributed by atoms with E-state index in [1.807, 2.05) is 0 Å². The number of anilines is 1. The Labute approximate surface area is 146 Å². The highest BCUT2D eigenvalue weighted by atomic mass is 35.7. The van der Waals surface area contributed by atoms with Crippen molar-refractivity contribution >= 4 is 40.3 Å². The van der Waals surface area contributed by atoms with Crippen LogP contribution in [-0.4, -0.2) is 6.16 Å². The Morgan fingerprint density at radius 3 is 2.42 bits per heavy atom. The lowest BCUT2D eigenvalue weighted by Crippen LogP contribution is -2.09. The number of hydrogen-bond donors (Lipinski definition) is 1. The van der Waals surface area contributed by atoms with Crippen LogP contribution in [0.15, 0.2) is 36.4 Å². The van der Waals surface area contributed by atoms with Crippen LogP contribution in [0.3, 0.4) is 0 Å². The van der Waals surface area contributed by atoms with E-state index >= 15 is 0 Å². The Hall–Kier alpha value is -1.36. The normalized spacial score (nSPS) is 14.2. The fourth-order valence-corrected chi connectivity index (χ4v) is 3.71. The van der Waals surface area contributed by atoms with Crippen molar-refractivity contribution in [3.63, 3.8) is 0 Å². The lowest BCUT2D eigenvalue weighted by molar-refractivity contribution is -0.137. The summed E-state index contributed by atoms with van der Waals surface area (Å²) in [5.41, 5.74) is 5.15. The number of benzene rings is 2. The third kappa shape index (κ3) is 4.18. The van der Waals surface area contributed by atoms with Gasteiger partial charge in [0, 0.05) is 11.8 Å². The molecule has 0 aromatic heterocycles. The van der Waals surface area contributed by atoms with E-state index in [9.17, 15) is 17.7 Å². The maximum Gasteiger partial charge on any atom is 0.416 e. The van der Waals surface area contributed by atoms with Gasteiger partial charge in [0.25, 0.3) is 0 Å². The fraction of sp³-hybridized carbons (Fsp3) is 0.200. The van der Waals surface area contributed by atoms with E-state index in [1.54, 1.807) is 6.92 Å². The van der Waals surface area contributed by atoms with Gasteiger partial charge in [0.2, 0.25) is 0 Å². The van der Waals surface area contributed by atoms with Crippen LogP contribution >= 0.6 is 29.3 Å². The minimum Gasteiger partial charge on any atom is -0.456 e. The molecule has 1 atom stereocenters. The van der Waals surface area contributed by atoms with Gasteiger partial charge in [0.05, 0.1) is 15.9 Å². The highest BCUT2D eigenvalue weighted by Gasteiger charge is 2.31. The second kappa shape index (κ2) is 6.87. The van der Waals surface area contributed by atoms with Crippen molar-refractivity contribution in [2.24, 2.45) is 0 Å². The lowest BCUT2D eigenvalue weighted by Gasteiger charge is -2.15. The van der Waals surface area contributed by atoms with Crippen LogP contribution in [0, 0.1) is 0 Å². The summed E-state index contributed by atoms with van der Waals surface area (Å²) in [6, 6.07) is 7.10. The number of alkyl halides is 3. The third-order valence-electron chi connectivity index (χ3n) is 3.26. The van der Waals surface area contributed by atoms with Crippen molar-refractivity contribution < 1.29 is 22.5 Å². The van der Waals surface area contributed by atoms with Crippen LogP contribution in [0.1, 0.15) is 12.5 Å². The molecule has 24 heavy (non-hydrogen) atoms. The molecule has 0 spiro atoms. The summed E-state index contributed by atoms with van der Waals surface area (Å²) >= 11 is 11.8. The average Bonchev–Trinajstić information content (AvgIpc) is 2.50. The van der Waals surface area contributed by atoms with Gasteiger partial charge in [0.1, 0.15) is 11.5 Å². The summed E-state index contributed by atoms with van der Waals surface area (Å²) in [6.45, 7) is -1.49. The van der Waals surface area contributed by atoms with Gasteiger partial charge in [-0.3, -0.25) is 0 Å². The predicted molar refractivity (Wildman–Crippen MR) is 91.0 cm³/mol. The summed E-state index contributed by atoms with van der Waals surface area (Å²) in [5, 5.41) is 0.0416. The zero-order valence-corrected chi connectivity index (χ0v) is 14.8. The first-order valence-electron chi connectivity index (χ1n) is 6.78. The van der Waals surface area contributed by atoms with Crippen molar-refractivity contribution in [1.82, 2.24) is 0 Å². The molecule has 0 saturated carbocycles. The van der Waals surface area contributed by atoms with Crippen molar-refractivity contribution in [2.75, 3.05) is 11.9 Å². The van der Waals surface area contributed by atoms with Crippen LogP contribution in [0.5, 0.6) is 11.5 Å². The molecule has 0 saturated heterocycles. The summed E-state index contributed by atoms with van der Waals surface area (Å²) in [5.74, 6) is 0.247. The van der Waals surface area contributed by atoms with E-state index in [0.717, 1.165) is 18.2 Å². The molecule has 130 valence electrons. The summed E-state index contributed by atoms with van der Waals surface area (Å²) < 4.78 is 55.7.